The smallest absolute Gasteiger partial charge is 0.335 e. The molecule has 4 rings (SSSR count). The van der Waals surface area contributed by atoms with Crippen LogP contribution in [0.1, 0.15) is 11.1 Å². The Balaban J connectivity index is 1.74. The molecule has 0 bridgehead atoms. The zero-order valence-electron chi connectivity index (χ0n) is 13.8. The lowest BCUT2D eigenvalue weighted by atomic mass is 10.1. The van der Waals surface area contributed by atoms with E-state index in [1.807, 2.05) is 0 Å². The summed E-state index contributed by atoms with van der Waals surface area (Å²) < 4.78 is 10.5. The molecule has 2 aliphatic rings. The first kappa shape index (κ1) is 15.9. The van der Waals surface area contributed by atoms with Crippen molar-refractivity contribution in [2.45, 2.75) is 6.92 Å². The number of para-hydroxylation sites is 1. The van der Waals surface area contributed by atoms with Crippen molar-refractivity contribution in [3.05, 3.63) is 59.2 Å². The zero-order valence-corrected chi connectivity index (χ0v) is 13.8. The first-order valence-electron chi connectivity index (χ1n) is 7.91. The van der Waals surface area contributed by atoms with E-state index >= 15 is 0 Å². The van der Waals surface area contributed by atoms with Crippen LogP contribution in [0.3, 0.4) is 0 Å². The molecule has 0 atom stereocenters. The number of hydrogen-bond donors (Lipinski definition) is 1. The van der Waals surface area contributed by atoms with Crippen molar-refractivity contribution >= 4 is 29.6 Å². The van der Waals surface area contributed by atoms with E-state index in [0.717, 1.165) is 10.5 Å². The number of rotatable bonds is 2. The number of imide groups is 2. The third-order valence-electron chi connectivity index (χ3n) is 4.17. The van der Waals surface area contributed by atoms with Gasteiger partial charge in [-0.25, -0.2) is 9.69 Å². The Morgan fingerprint density at radius 3 is 2.62 bits per heavy atom. The molecular formula is C19H14N2O5. The van der Waals surface area contributed by atoms with Crippen LogP contribution in [-0.2, 0) is 9.59 Å². The molecular weight excluding hydrogens is 336 g/mol. The van der Waals surface area contributed by atoms with E-state index in [2.05, 4.69) is 5.32 Å². The first-order chi connectivity index (χ1) is 12.5. The number of nitrogens with one attached hydrogen (secondary N) is 1. The number of barbiturate groups is 1. The molecule has 2 aliphatic heterocycles. The van der Waals surface area contributed by atoms with Gasteiger partial charge < -0.3 is 9.47 Å². The summed E-state index contributed by atoms with van der Waals surface area (Å²) in [7, 11) is 0. The van der Waals surface area contributed by atoms with E-state index in [-0.39, 0.29) is 12.4 Å². The van der Waals surface area contributed by atoms with Gasteiger partial charge in [0.2, 0.25) is 6.79 Å². The van der Waals surface area contributed by atoms with E-state index in [4.69, 9.17) is 9.47 Å². The minimum absolute atomic E-state index is 0.129. The lowest BCUT2D eigenvalue weighted by molar-refractivity contribution is -0.122. The normalized spacial score (nSPS) is 17.7. The average Bonchev–Trinajstić information content (AvgIpc) is 3.08. The van der Waals surface area contributed by atoms with Crippen molar-refractivity contribution in [1.82, 2.24) is 5.32 Å². The van der Waals surface area contributed by atoms with Gasteiger partial charge in [0.05, 0.1) is 5.69 Å². The summed E-state index contributed by atoms with van der Waals surface area (Å²) in [5, 5.41) is 2.21. The summed E-state index contributed by atoms with van der Waals surface area (Å²) in [5.41, 5.74) is 1.63. The summed E-state index contributed by atoms with van der Waals surface area (Å²) in [6.45, 7) is 1.91. The molecule has 0 unspecified atom stereocenters. The van der Waals surface area contributed by atoms with Crippen molar-refractivity contribution in [1.29, 1.82) is 0 Å². The Bertz CT molecular complexity index is 980. The van der Waals surface area contributed by atoms with Gasteiger partial charge in [-0.05, 0) is 42.3 Å². The van der Waals surface area contributed by atoms with Crippen LogP contribution >= 0.6 is 0 Å². The first-order valence-corrected chi connectivity index (χ1v) is 7.91. The second-order valence-corrected chi connectivity index (χ2v) is 5.86. The fourth-order valence-corrected chi connectivity index (χ4v) is 2.86. The van der Waals surface area contributed by atoms with Gasteiger partial charge in [0.1, 0.15) is 5.57 Å². The highest BCUT2D eigenvalue weighted by Gasteiger charge is 2.37. The number of amides is 4. The molecule has 130 valence electrons. The fourth-order valence-electron chi connectivity index (χ4n) is 2.86. The van der Waals surface area contributed by atoms with Crippen molar-refractivity contribution < 1.29 is 23.9 Å². The van der Waals surface area contributed by atoms with Gasteiger partial charge in [-0.3, -0.25) is 14.9 Å². The van der Waals surface area contributed by atoms with Crippen molar-refractivity contribution in [2.24, 2.45) is 0 Å². The number of anilines is 1. The Labute approximate surface area is 148 Å². The topological polar surface area (TPSA) is 84.9 Å². The number of hydrogen-bond acceptors (Lipinski definition) is 5. The van der Waals surface area contributed by atoms with E-state index < -0.39 is 17.8 Å². The van der Waals surface area contributed by atoms with Crippen molar-refractivity contribution in [3.8, 4) is 11.5 Å². The molecule has 2 aromatic rings. The lowest BCUT2D eigenvalue weighted by Gasteiger charge is -2.27. The molecule has 4 amide bonds. The lowest BCUT2D eigenvalue weighted by Crippen LogP contribution is -2.54. The van der Waals surface area contributed by atoms with Gasteiger partial charge in [-0.2, -0.15) is 0 Å². The van der Waals surface area contributed by atoms with E-state index in [9.17, 15) is 14.4 Å². The molecule has 7 heteroatoms. The molecule has 0 aromatic heterocycles. The second kappa shape index (κ2) is 6.03. The summed E-state index contributed by atoms with van der Waals surface area (Å²) in [5.74, 6) is -0.272. The number of urea groups is 1. The Morgan fingerprint density at radius 1 is 1.04 bits per heavy atom. The summed E-state index contributed by atoms with van der Waals surface area (Å²) in [4.78, 5) is 38.3. The molecule has 2 aromatic carbocycles. The predicted molar refractivity (Wildman–Crippen MR) is 92.7 cm³/mol. The number of aryl methyl sites for hydroxylation is 1. The standard InChI is InChI=1S/C19H14N2O5/c1-11-4-2-3-5-14(11)21-18(23)13(17(22)20-19(21)24)8-12-6-7-15-16(9-12)26-10-25-15/h2-9H,10H2,1H3,(H,20,22,24)/b13-8-. The van der Waals surface area contributed by atoms with E-state index in [1.54, 1.807) is 49.4 Å². The molecule has 0 aliphatic carbocycles. The van der Waals surface area contributed by atoms with Crippen LogP contribution in [0.15, 0.2) is 48.0 Å². The van der Waals surface area contributed by atoms with Crippen LogP contribution in [0, 0.1) is 6.92 Å². The molecule has 26 heavy (non-hydrogen) atoms. The number of benzene rings is 2. The van der Waals surface area contributed by atoms with E-state index in [0.29, 0.717) is 22.7 Å². The Morgan fingerprint density at radius 2 is 1.81 bits per heavy atom. The maximum absolute atomic E-state index is 12.9. The third kappa shape index (κ3) is 2.59. The quantitative estimate of drug-likeness (QED) is 0.664. The molecule has 1 N–H and O–H groups in total. The van der Waals surface area contributed by atoms with E-state index in [1.165, 1.54) is 6.08 Å². The molecule has 0 spiro atoms. The maximum atomic E-state index is 12.9. The summed E-state index contributed by atoms with van der Waals surface area (Å²) >= 11 is 0. The summed E-state index contributed by atoms with van der Waals surface area (Å²) in [6.07, 6.45) is 1.43. The van der Waals surface area contributed by atoms with Crippen LogP contribution < -0.4 is 19.7 Å². The largest absolute Gasteiger partial charge is 0.454 e. The van der Waals surface area contributed by atoms with Crippen LogP contribution in [0.4, 0.5) is 10.5 Å². The number of carbonyl (C=O) groups is 3. The van der Waals surface area contributed by atoms with Gasteiger partial charge in [0.15, 0.2) is 11.5 Å². The highest BCUT2D eigenvalue weighted by Crippen LogP contribution is 2.33. The van der Waals surface area contributed by atoms with Gasteiger partial charge >= 0.3 is 6.03 Å². The van der Waals surface area contributed by atoms with Crippen molar-refractivity contribution in [2.75, 3.05) is 11.7 Å². The maximum Gasteiger partial charge on any atom is 0.335 e. The molecule has 1 fully saturated rings. The molecule has 7 nitrogen and oxygen atoms in total. The van der Waals surface area contributed by atoms with Crippen LogP contribution in [0.5, 0.6) is 11.5 Å². The Hall–Kier alpha value is -3.61. The number of nitrogens with zero attached hydrogens (tertiary/aromatic N) is 1. The monoisotopic (exact) mass is 350 g/mol. The SMILES string of the molecule is Cc1ccccc1N1C(=O)NC(=O)/C(=C/c2ccc3c(c2)OCO3)C1=O. The Kier molecular flexibility index (Phi) is 3.69. The predicted octanol–water partition coefficient (Wildman–Crippen LogP) is 2.39. The molecule has 1 saturated heterocycles. The number of carbonyl (C=O) groups excluding carboxylic acids is 3. The van der Waals surface area contributed by atoms with Gasteiger partial charge in [-0.15, -0.1) is 0 Å². The fraction of sp³-hybridized carbons (Fsp3) is 0.105. The van der Waals surface area contributed by atoms with Crippen LogP contribution in [0.2, 0.25) is 0 Å². The summed E-state index contributed by atoms with van der Waals surface area (Å²) in [6, 6.07) is 11.3. The number of ether oxygens (including phenoxy) is 2. The van der Waals surface area contributed by atoms with Crippen molar-refractivity contribution in [3.63, 3.8) is 0 Å². The van der Waals surface area contributed by atoms with Crippen LogP contribution in [-0.4, -0.2) is 24.6 Å². The molecule has 0 saturated carbocycles. The van der Waals surface area contributed by atoms with Gasteiger partial charge in [-0.1, -0.05) is 24.3 Å². The zero-order chi connectivity index (χ0) is 18.3. The van der Waals surface area contributed by atoms with Gasteiger partial charge in [0.25, 0.3) is 11.8 Å². The molecule has 2 heterocycles. The number of fused-ring (bicyclic) bond motifs is 1. The second-order valence-electron chi connectivity index (χ2n) is 5.86. The average molecular weight is 350 g/mol. The van der Waals surface area contributed by atoms with Crippen LogP contribution in [0.25, 0.3) is 6.08 Å². The minimum Gasteiger partial charge on any atom is -0.454 e. The molecule has 0 radical (unpaired) electrons. The van der Waals surface area contributed by atoms with Gasteiger partial charge in [0, 0.05) is 0 Å². The minimum atomic E-state index is -0.767. The third-order valence-corrected chi connectivity index (χ3v) is 4.17. The highest BCUT2D eigenvalue weighted by molar-refractivity contribution is 6.39. The highest BCUT2D eigenvalue weighted by atomic mass is 16.7.